The van der Waals surface area contributed by atoms with Crippen molar-refractivity contribution in [1.29, 1.82) is 0 Å². The van der Waals surface area contributed by atoms with E-state index in [9.17, 15) is 0 Å². The van der Waals surface area contributed by atoms with Crippen molar-refractivity contribution in [3.8, 4) is 33.4 Å². The molecule has 258 valence electrons. The van der Waals surface area contributed by atoms with Crippen LogP contribution >= 0.6 is 22.7 Å². The fourth-order valence-corrected chi connectivity index (χ4v) is 10.6. The summed E-state index contributed by atoms with van der Waals surface area (Å²) in [5.74, 6) is 0. The average molecular weight is 736 g/mol. The Kier molecular flexibility index (Phi) is 7.61. The van der Waals surface area contributed by atoms with E-state index in [1.807, 2.05) is 22.7 Å². The van der Waals surface area contributed by atoms with E-state index in [2.05, 4.69) is 205 Å². The van der Waals surface area contributed by atoms with Crippen molar-refractivity contribution in [1.82, 2.24) is 0 Å². The summed E-state index contributed by atoms with van der Waals surface area (Å²) in [7, 11) is 0. The van der Waals surface area contributed by atoms with Gasteiger partial charge < -0.3 is 4.90 Å². The molecule has 0 aliphatic heterocycles. The van der Waals surface area contributed by atoms with Crippen molar-refractivity contribution >= 4 is 90.9 Å². The normalized spacial score (nSPS) is 11.6. The number of rotatable bonds is 6. The molecule has 0 N–H and O–H groups in total. The van der Waals surface area contributed by atoms with Gasteiger partial charge in [0.15, 0.2) is 0 Å². The highest BCUT2D eigenvalue weighted by molar-refractivity contribution is 7.26. The molecule has 2 aromatic heterocycles. The molecule has 55 heavy (non-hydrogen) atoms. The molecule has 9 aromatic carbocycles. The van der Waals surface area contributed by atoms with Crippen molar-refractivity contribution in [2.45, 2.75) is 0 Å². The molecule has 1 nitrogen and oxygen atoms in total. The van der Waals surface area contributed by atoms with E-state index in [0.29, 0.717) is 0 Å². The van der Waals surface area contributed by atoms with Gasteiger partial charge in [-0.1, -0.05) is 140 Å². The first-order chi connectivity index (χ1) is 27.2. The summed E-state index contributed by atoms with van der Waals surface area (Å²) in [6.07, 6.45) is 0. The predicted molar refractivity (Wildman–Crippen MR) is 241 cm³/mol. The van der Waals surface area contributed by atoms with Crippen LogP contribution in [-0.2, 0) is 0 Å². The monoisotopic (exact) mass is 735 g/mol. The number of fused-ring (bicyclic) bond motifs is 7. The molecule has 3 heteroatoms. The van der Waals surface area contributed by atoms with Crippen LogP contribution in [0.5, 0.6) is 0 Å². The molecule has 0 aliphatic carbocycles. The van der Waals surface area contributed by atoms with Crippen LogP contribution in [0.1, 0.15) is 0 Å². The number of thiophene rings is 2. The van der Waals surface area contributed by atoms with Crippen LogP contribution < -0.4 is 4.90 Å². The van der Waals surface area contributed by atoms with Gasteiger partial charge in [0.1, 0.15) is 0 Å². The van der Waals surface area contributed by atoms with E-state index in [-0.39, 0.29) is 0 Å². The van der Waals surface area contributed by atoms with Gasteiger partial charge in [0, 0.05) is 57.4 Å². The summed E-state index contributed by atoms with van der Waals surface area (Å²) in [4.78, 5) is 2.39. The highest BCUT2D eigenvalue weighted by atomic mass is 32.1. The first-order valence-corrected chi connectivity index (χ1v) is 20.3. The first kappa shape index (κ1) is 32.0. The van der Waals surface area contributed by atoms with Crippen molar-refractivity contribution in [3.63, 3.8) is 0 Å². The Hall–Kier alpha value is -6.52. The van der Waals surface area contributed by atoms with Crippen LogP contribution in [0.15, 0.2) is 200 Å². The molecule has 0 atom stereocenters. The van der Waals surface area contributed by atoms with Gasteiger partial charge >= 0.3 is 0 Å². The lowest BCUT2D eigenvalue weighted by Crippen LogP contribution is -2.10. The Bertz CT molecular complexity index is 3200. The standard InChI is InChI=1S/C52H33NS2/c1-2-11-37-32-38(23-22-34(37)10-1)35-24-28-40(29-25-35)53(41-30-26-36(27-31-41)44-17-8-18-46-45-14-3-5-19-48(45)55-52(44)46)42-13-7-12-39(33-42)43-16-9-21-50-51(43)47-15-4-6-20-49(47)54-50/h1-33H. The summed E-state index contributed by atoms with van der Waals surface area (Å²) >= 11 is 3.75. The summed E-state index contributed by atoms with van der Waals surface area (Å²) in [6.45, 7) is 0. The fraction of sp³-hybridized carbons (Fsp3) is 0. The van der Waals surface area contributed by atoms with Crippen molar-refractivity contribution in [2.75, 3.05) is 4.90 Å². The third kappa shape index (κ3) is 5.51. The molecule has 11 rings (SSSR count). The maximum atomic E-state index is 2.39. The van der Waals surface area contributed by atoms with Gasteiger partial charge in [-0.15, -0.1) is 22.7 Å². The molecule has 2 heterocycles. The van der Waals surface area contributed by atoms with Gasteiger partial charge in [0.25, 0.3) is 0 Å². The number of hydrogen-bond donors (Lipinski definition) is 0. The van der Waals surface area contributed by atoms with E-state index >= 15 is 0 Å². The molecule has 0 radical (unpaired) electrons. The summed E-state index contributed by atoms with van der Waals surface area (Å²) in [5.41, 5.74) is 10.7. The van der Waals surface area contributed by atoms with Crippen LogP contribution in [-0.4, -0.2) is 0 Å². The van der Waals surface area contributed by atoms with Gasteiger partial charge in [0.05, 0.1) is 0 Å². The average Bonchev–Trinajstić information content (AvgIpc) is 3.83. The zero-order valence-corrected chi connectivity index (χ0v) is 31.4. The van der Waals surface area contributed by atoms with Gasteiger partial charge in [-0.05, 0) is 105 Å². The molecular weight excluding hydrogens is 703 g/mol. The molecule has 0 unspecified atom stereocenters. The van der Waals surface area contributed by atoms with Crippen LogP contribution in [0.2, 0.25) is 0 Å². The minimum Gasteiger partial charge on any atom is -0.310 e. The van der Waals surface area contributed by atoms with Crippen molar-refractivity contribution in [2.24, 2.45) is 0 Å². The van der Waals surface area contributed by atoms with E-state index in [1.165, 1.54) is 84.5 Å². The summed E-state index contributed by atoms with van der Waals surface area (Å²) in [6, 6.07) is 73.4. The first-order valence-electron chi connectivity index (χ1n) is 18.7. The topological polar surface area (TPSA) is 3.24 Å². The largest absolute Gasteiger partial charge is 0.310 e. The van der Waals surface area contributed by atoms with Gasteiger partial charge in [-0.2, -0.15) is 0 Å². The predicted octanol–water partition coefficient (Wildman–Crippen LogP) is 16.0. The molecule has 0 fully saturated rings. The molecular formula is C52H33NS2. The zero-order valence-electron chi connectivity index (χ0n) is 29.8. The number of nitrogens with zero attached hydrogens (tertiary/aromatic N) is 1. The smallest absolute Gasteiger partial charge is 0.0467 e. The second-order valence-electron chi connectivity index (χ2n) is 14.1. The number of anilines is 3. The van der Waals surface area contributed by atoms with Gasteiger partial charge in [-0.3, -0.25) is 0 Å². The minimum absolute atomic E-state index is 1.11. The Morgan fingerprint density at radius 3 is 1.73 bits per heavy atom. The fourth-order valence-electron chi connectivity index (χ4n) is 8.21. The molecule has 11 aromatic rings. The van der Waals surface area contributed by atoms with E-state index in [4.69, 9.17) is 0 Å². The quantitative estimate of drug-likeness (QED) is 0.164. The lowest BCUT2D eigenvalue weighted by atomic mass is 9.98. The minimum atomic E-state index is 1.11. The second kappa shape index (κ2) is 13.1. The molecule has 0 spiro atoms. The Morgan fingerprint density at radius 2 is 0.909 bits per heavy atom. The number of hydrogen-bond acceptors (Lipinski definition) is 3. The van der Waals surface area contributed by atoms with Crippen LogP contribution in [0.4, 0.5) is 17.1 Å². The molecule has 0 amide bonds. The van der Waals surface area contributed by atoms with E-state index in [1.54, 1.807) is 0 Å². The third-order valence-electron chi connectivity index (χ3n) is 10.9. The SMILES string of the molecule is c1cc(-c2cccc3sc4ccccc4c23)cc(N(c2ccc(-c3ccc4ccccc4c3)cc2)c2ccc(-c3cccc4c3sc3ccccc34)cc2)c1. The highest BCUT2D eigenvalue weighted by Gasteiger charge is 2.17. The third-order valence-corrected chi connectivity index (χ3v) is 13.2. The van der Waals surface area contributed by atoms with Crippen LogP contribution in [0.3, 0.4) is 0 Å². The van der Waals surface area contributed by atoms with Gasteiger partial charge in [-0.25, -0.2) is 0 Å². The van der Waals surface area contributed by atoms with Gasteiger partial charge in [0.2, 0.25) is 0 Å². The number of benzene rings is 9. The van der Waals surface area contributed by atoms with E-state index < -0.39 is 0 Å². The van der Waals surface area contributed by atoms with Crippen molar-refractivity contribution < 1.29 is 0 Å². The molecule has 0 aliphatic rings. The Balaban J connectivity index is 1.03. The van der Waals surface area contributed by atoms with E-state index in [0.717, 1.165) is 17.1 Å². The Morgan fingerprint density at radius 1 is 0.309 bits per heavy atom. The van der Waals surface area contributed by atoms with Crippen LogP contribution in [0.25, 0.3) is 84.5 Å². The van der Waals surface area contributed by atoms with Crippen LogP contribution in [0, 0.1) is 0 Å². The highest BCUT2D eigenvalue weighted by Crippen LogP contribution is 2.44. The maximum absolute atomic E-state index is 2.39. The molecule has 0 bridgehead atoms. The maximum Gasteiger partial charge on any atom is 0.0467 e. The second-order valence-corrected chi connectivity index (χ2v) is 16.2. The Labute approximate surface area is 327 Å². The lowest BCUT2D eigenvalue weighted by Gasteiger charge is -2.26. The summed E-state index contributed by atoms with van der Waals surface area (Å²) < 4.78 is 5.29. The molecule has 0 saturated carbocycles. The lowest BCUT2D eigenvalue weighted by molar-refractivity contribution is 1.28. The molecule has 0 saturated heterocycles. The zero-order chi connectivity index (χ0) is 36.3. The summed E-state index contributed by atoms with van der Waals surface area (Å²) in [5, 5.41) is 7.79. The van der Waals surface area contributed by atoms with Crippen molar-refractivity contribution in [3.05, 3.63) is 200 Å².